The van der Waals surface area contributed by atoms with Gasteiger partial charge in [0.25, 0.3) is 0 Å². The second-order valence-electron chi connectivity index (χ2n) is 2.82. The van der Waals surface area contributed by atoms with Crippen molar-refractivity contribution in [2.45, 2.75) is 0 Å². The Balaban J connectivity index is 2.57. The molecule has 5 heteroatoms. The number of fused-ring (bicyclic) bond motifs is 1. The minimum absolute atomic E-state index is 0.545. The summed E-state index contributed by atoms with van der Waals surface area (Å²) in [7, 11) is 0. The molecule has 12 heavy (non-hydrogen) atoms. The number of nitrogens with zero attached hydrogens (tertiary/aromatic N) is 2. The fourth-order valence-electron chi connectivity index (χ4n) is 1.31. The van der Waals surface area contributed by atoms with Gasteiger partial charge < -0.3 is 11.5 Å². The van der Waals surface area contributed by atoms with Crippen LogP contribution < -0.4 is 22.3 Å². The van der Waals surface area contributed by atoms with Crippen molar-refractivity contribution in [1.82, 2.24) is 4.57 Å². The molecule has 1 aliphatic rings. The van der Waals surface area contributed by atoms with Gasteiger partial charge >= 0.3 is 0 Å². The van der Waals surface area contributed by atoms with E-state index in [1.165, 1.54) is 0 Å². The van der Waals surface area contributed by atoms with Crippen molar-refractivity contribution in [3.05, 3.63) is 17.8 Å². The first-order valence-corrected chi connectivity index (χ1v) is 3.63. The molecule has 0 atom stereocenters. The summed E-state index contributed by atoms with van der Waals surface area (Å²) in [6, 6.07) is 3.66. The number of hydrogen-bond acceptors (Lipinski definition) is 4. The molecule has 2 heterocycles. The van der Waals surface area contributed by atoms with Crippen LogP contribution in [0.5, 0.6) is 0 Å². The highest BCUT2D eigenvalue weighted by atomic mass is 15.5. The average molecular weight is 165 g/mol. The largest absolute Gasteiger partial charge is 0.399 e. The van der Waals surface area contributed by atoms with Gasteiger partial charge in [0.05, 0.1) is 6.54 Å². The maximum absolute atomic E-state index is 5.69. The maximum Gasteiger partial charge on any atom is 0.129 e. The van der Waals surface area contributed by atoms with Gasteiger partial charge in [-0.1, -0.05) is 0 Å². The molecular formula is C7H11N5. The van der Waals surface area contributed by atoms with E-state index in [2.05, 4.69) is 0 Å². The molecule has 0 saturated heterocycles. The molecule has 0 spiro atoms. The minimum Gasteiger partial charge on any atom is -0.399 e. The Hall–Kier alpha value is -1.62. The van der Waals surface area contributed by atoms with E-state index < -0.39 is 0 Å². The first kappa shape index (κ1) is 7.05. The quantitative estimate of drug-likeness (QED) is 0.453. The fraction of sp³-hybridized carbons (Fsp3) is 0.143. The van der Waals surface area contributed by atoms with Gasteiger partial charge in [-0.25, -0.2) is 5.84 Å². The molecular weight excluding hydrogens is 154 g/mol. The predicted molar refractivity (Wildman–Crippen MR) is 48.8 cm³/mol. The molecule has 0 amide bonds. The molecule has 0 aliphatic carbocycles. The summed E-state index contributed by atoms with van der Waals surface area (Å²) >= 11 is 0. The van der Waals surface area contributed by atoms with Crippen LogP contribution >= 0.6 is 0 Å². The molecule has 1 aromatic rings. The second kappa shape index (κ2) is 2.18. The third kappa shape index (κ3) is 0.835. The zero-order chi connectivity index (χ0) is 8.72. The number of hydrogen-bond donors (Lipinski definition) is 3. The maximum atomic E-state index is 5.69. The lowest BCUT2D eigenvalue weighted by Gasteiger charge is -2.24. The highest BCUT2D eigenvalue weighted by molar-refractivity contribution is 5.61. The van der Waals surface area contributed by atoms with E-state index in [9.17, 15) is 0 Å². The summed E-state index contributed by atoms with van der Waals surface area (Å²) in [6.45, 7) is 0.545. The van der Waals surface area contributed by atoms with Crippen molar-refractivity contribution in [3.63, 3.8) is 0 Å². The number of rotatable bonds is 0. The number of aromatic nitrogens is 1. The third-order valence-electron chi connectivity index (χ3n) is 1.87. The van der Waals surface area contributed by atoms with Crippen LogP contribution in [0, 0.1) is 0 Å². The highest BCUT2D eigenvalue weighted by Crippen LogP contribution is 2.23. The van der Waals surface area contributed by atoms with Crippen LogP contribution in [-0.2, 0) is 0 Å². The van der Waals surface area contributed by atoms with E-state index in [1.54, 1.807) is 21.8 Å². The van der Waals surface area contributed by atoms with E-state index in [4.69, 9.17) is 17.3 Å². The Morgan fingerprint density at radius 2 is 2.00 bits per heavy atom. The Labute approximate surface area is 70.0 Å². The van der Waals surface area contributed by atoms with Gasteiger partial charge in [0.1, 0.15) is 11.6 Å². The molecule has 2 rings (SSSR count). The summed E-state index contributed by atoms with van der Waals surface area (Å²) in [5.41, 5.74) is 12.0. The van der Waals surface area contributed by atoms with Crippen LogP contribution in [0.3, 0.4) is 0 Å². The molecule has 0 fully saturated rings. The fourth-order valence-corrected chi connectivity index (χ4v) is 1.31. The zero-order valence-electron chi connectivity index (χ0n) is 6.57. The van der Waals surface area contributed by atoms with Crippen molar-refractivity contribution in [2.24, 2.45) is 11.6 Å². The molecule has 5 nitrogen and oxygen atoms in total. The van der Waals surface area contributed by atoms with Gasteiger partial charge in [0.2, 0.25) is 0 Å². The number of nitrogens with two attached hydrogens (primary N) is 3. The molecule has 0 aromatic carbocycles. The molecule has 6 N–H and O–H groups in total. The number of nitrogen functional groups attached to an aromatic ring is 1. The lowest BCUT2D eigenvalue weighted by molar-refractivity contribution is 0.836. The van der Waals surface area contributed by atoms with Crippen LogP contribution in [0.4, 0.5) is 11.6 Å². The lowest BCUT2D eigenvalue weighted by Crippen LogP contribution is -2.38. The summed E-state index contributed by atoms with van der Waals surface area (Å²) in [5.74, 6) is 7.19. The standard InChI is InChI=1S/C7H11N5/c8-5-3-11-6(9)1-2-7(11)12(10)4-5/h1-3H,4,8-10H2. The van der Waals surface area contributed by atoms with Crippen molar-refractivity contribution in [1.29, 1.82) is 0 Å². The Kier molecular flexibility index (Phi) is 1.28. The first-order chi connectivity index (χ1) is 5.68. The van der Waals surface area contributed by atoms with Crippen molar-refractivity contribution >= 4 is 17.8 Å². The molecule has 0 radical (unpaired) electrons. The van der Waals surface area contributed by atoms with Crippen LogP contribution in [0.2, 0.25) is 0 Å². The SMILES string of the molecule is NC1=Cn2c(N)ccc2N(N)C1. The second-order valence-corrected chi connectivity index (χ2v) is 2.82. The van der Waals surface area contributed by atoms with Crippen LogP contribution in [0.1, 0.15) is 0 Å². The average Bonchev–Trinajstić information content (AvgIpc) is 2.33. The molecule has 1 aromatic heterocycles. The van der Waals surface area contributed by atoms with E-state index in [1.807, 2.05) is 6.07 Å². The highest BCUT2D eigenvalue weighted by Gasteiger charge is 2.14. The molecule has 0 bridgehead atoms. The monoisotopic (exact) mass is 165 g/mol. The summed E-state index contributed by atoms with van der Waals surface area (Å²) in [4.78, 5) is 0. The Morgan fingerprint density at radius 1 is 1.25 bits per heavy atom. The van der Waals surface area contributed by atoms with Gasteiger partial charge in [0, 0.05) is 11.9 Å². The van der Waals surface area contributed by atoms with Gasteiger partial charge in [-0.2, -0.15) is 0 Å². The lowest BCUT2D eigenvalue weighted by atomic mass is 10.4. The summed E-state index contributed by atoms with van der Waals surface area (Å²) in [6.07, 6.45) is 1.79. The van der Waals surface area contributed by atoms with Crippen molar-refractivity contribution in [3.8, 4) is 0 Å². The summed E-state index contributed by atoms with van der Waals surface area (Å²) < 4.78 is 1.76. The number of anilines is 2. The molecule has 0 unspecified atom stereocenters. The topological polar surface area (TPSA) is 86.2 Å². The minimum atomic E-state index is 0.545. The van der Waals surface area contributed by atoms with Gasteiger partial charge in [0.15, 0.2) is 0 Å². The Morgan fingerprint density at radius 3 is 2.75 bits per heavy atom. The van der Waals surface area contributed by atoms with Gasteiger partial charge in [-0.15, -0.1) is 0 Å². The number of hydrazine groups is 1. The van der Waals surface area contributed by atoms with Crippen molar-refractivity contribution in [2.75, 3.05) is 17.3 Å². The van der Waals surface area contributed by atoms with E-state index in [0.717, 1.165) is 5.82 Å². The van der Waals surface area contributed by atoms with Crippen LogP contribution in [0.25, 0.3) is 6.20 Å². The Bertz CT molecular complexity index is 338. The zero-order valence-corrected chi connectivity index (χ0v) is 6.57. The smallest absolute Gasteiger partial charge is 0.129 e. The van der Waals surface area contributed by atoms with Gasteiger partial charge in [-0.05, 0) is 12.1 Å². The predicted octanol–water partition coefficient (Wildman–Crippen LogP) is -0.479. The van der Waals surface area contributed by atoms with E-state index >= 15 is 0 Å². The first-order valence-electron chi connectivity index (χ1n) is 3.63. The normalized spacial score (nSPS) is 15.8. The molecule has 0 saturated carbocycles. The van der Waals surface area contributed by atoms with E-state index in [0.29, 0.717) is 18.1 Å². The summed E-state index contributed by atoms with van der Waals surface area (Å²) in [5, 5.41) is 1.56. The third-order valence-corrected chi connectivity index (χ3v) is 1.87. The molecule has 1 aliphatic heterocycles. The van der Waals surface area contributed by atoms with E-state index in [-0.39, 0.29) is 0 Å². The van der Waals surface area contributed by atoms with Crippen LogP contribution in [0.15, 0.2) is 17.8 Å². The van der Waals surface area contributed by atoms with Crippen LogP contribution in [-0.4, -0.2) is 11.1 Å². The van der Waals surface area contributed by atoms with Crippen molar-refractivity contribution < 1.29 is 0 Å². The van der Waals surface area contributed by atoms with Gasteiger partial charge in [-0.3, -0.25) is 9.58 Å². The molecule has 64 valence electrons.